The number of methoxy groups -OCH3 is 2. The van der Waals surface area contributed by atoms with E-state index in [9.17, 15) is 9.59 Å². The maximum atomic E-state index is 14.0. The molecule has 240 valence electrons. The molecule has 0 spiro atoms. The number of nitrogens with zero attached hydrogens (tertiary/aromatic N) is 5. The van der Waals surface area contributed by atoms with Gasteiger partial charge in [-0.1, -0.05) is 36.0 Å². The summed E-state index contributed by atoms with van der Waals surface area (Å²) in [5.41, 5.74) is 5.59. The summed E-state index contributed by atoms with van der Waals surface area (Å²) in [6, 6.07) is 24.4. The molecule has 1 atom stereocenters. The Bertz CT molecular complexity index is 1900. The SMILES string of the molecule is COc1ccc(C2=NN(C(=O)CSc3nnc(CNC(=O)c4ccco4)n3-c3cc(C)ccc3C)[C@H](c3ccc(OC)cc3)C2)cc1. The zero-order chi connectivity index (χ0) is 32.9. The lowest BCUT2D eigenvalue weighted by molar-refractivity contribution is -0.130. The molecule has 2 aromatic heterocycles. The number of carbonyl (C=O) groups is 2. The summed E-state index contributed by atoms with van der Waals surface area (Å²) in [5.74, 6) is 1.73. The van der Waals surface area contributed by atoms with Crippen LogP contribution in [-0.4, -0.2) is 57.3 Å². The molecule has 1 N–H and O–H groups in total. The Kier molecular flexibility index (Phi) is 9.39. The van der Waals surface area contributed by atoms with E-state index in [0.29, 0.717) is 17.4 Å². The lowest BCUT2D eigenvalue weighted by Crippen LogP contribution is -2.28. The van der Waals surface area contributed by atoms with E-state index in [1.165, 1.54) is 18.0 Å². The average Bonchev–Trinajstić information content (AvgIpc) is 3.88. The van der Waals surface area contributed by atoms with Crippen LogP contribution in [-0.2, 0) is 11.3 Å². The largest absolute Gasteiger partial charge is 0.497 e. The molecule has 0 saturated heterocycles. The van der Waals surface area contributed by atoms with Gasteiger partial charge in [0.15, 0.2) is 16.7 Å². The molecule has 0 bridgehead atoms. The van der Waals surface area contributed by atoms with Gasteiger partial charge in [0.2, 0.25) is 0 Å². The summed E-state index contributed by atoms with van der Waals surface area (Å²) in [6.07, 6.45) is 2.00. The molecule has 3 aromatic carbocycles. The zero-order valence-electron chi connectivity index (χ0n) is 26.5. The predicted octanol–water partition coefficient (Wildman–Crippen LogP) is 5.89. The van der Waals surface area contributed by atoms with E-state index < -0.39 is 0 Å². The van der Waals surface area contributed by atoms with Crippen molar-refractivity contribution in [2.24, 2.45) is 5.10 Å². The van der Waals surface area contributed by atoms with Crippen LogP contribution in [0.1, 0.15) is 51.1 Å². The van der Waals surface area contributed by atoms with Gasteiger partial charge in [0.25, 0.3) is 11.8 Å². The molecule has 0 unspecified atom stereocenters. The summed E-state index contributed by atoms with van der Waals surface area (Å²) < 4.78 is 17.8. The van der Waals surface area contributed by atoms with Crippen molar-refractivity contribution < 1.29 is 23.5 Å². The second-order valence-electron chi connectivity index (χ2n) is 11.0. The van der Waals surface area contributed by atoms with Gasteiger partial charge in [0, 0.05) is 6.42 Å². The summed E-state index contributed by atoms with van der Waals surface area (Å²) in [7, 11) is 3.25. The van der Waals surface area contributed by atoms with E-state index in [2.05, 4.69) is 15.5 Å². The van der Waals surface area contributed by atoms with Gasteiger partial charge in [0.1, 0.15) is 11.5 Å². The average molecular weight is 651 g/mol. The van der Waals surface area contributed by atoms with Gasteiger partial charge >= 0.3 is 0 Å². The van der Waals surface area contributed by atoms with Crippen molar-refractivity contribution >= 4 is 29.3 Å². The quantitative estimate of drug-likeness (QED) is 0.176. The monoisotopic (exact) mass is 650 g/mol. The number of furan rings is 1. The number of thioether (sulfide) groups is 1. The molecule has 11 nitrogen and oxygen atoms in total. The Morgan fingerprint density at radius 2 is 1.68 bits per heavy atom. The van der Waals surface area contributed by atoms with E-state index in [4.69, 9.17) is 19.0 Å². The molecule has 0 aliphatic carbocycles. The highest BCUT2D eigenvalue weighted by Crippen LogP contribution is 2.35. The van der Waals surface area contributed by atoms with Crippen LogP contribution in [0.3, 0.4) is 0 Å². The first-order chi connectivity index (χ1) is 22.8. The standard InChI is InChI=1S/C35H34N6O5S/c1-22-7-8-23(2)29(18-22)40-32(20-36-34(43)31-6-5-17-46-31)37-38-35(40)47-21-33(42)41-30(25-11-15-27(45-4)16-12-25)19-28(39-41)24-9-13-26(44-3)14-10-24/h5-18,30H,19-21H2,1-4H3,(H,36,43)/t30-/m0/s1. The minimum absolute atomic E-state index is 0.0633. The highest BCUT2D eigenvalue weighted by molar-refractivity contribution is 7.99. The van der Waals surface area contributed by atoms with Gasteiger partial charge < -0.3 is 19.2 Å². The number of ether oxygens (including phenoxy) is 2. The van der Waals surface area contributed by atoms with Crippen LogP contribution < -0.4 is 14.8 Å². The summed E-state index contributed by atoms with van der Waals surface area (Å²) in [6.45, 7) is 4.11. The minimum Gasteiger partial charge on any atom is -0.497 e. The van der Waals surface area contributed by atoms with Gasteiger partial charge in [-0.05, 0) is 90.7 Å². The van der Waals surface area contributed by atoms with Crippen molar-refractivity contribution in [3.05, 3.63) is 119 Å². The number of hydrogen-bond donors (Lipinski definition) is 1. The second-order valence-corrected chi connectivity index (χ2v) is 11.9. The van der Waals surface area contributed by atoms with Crippen molar-refractivity contribution in [2.45, 2.75) is 38.0 Å². The number of aryl methyl sites for hydroxylation is 2. The highest BCUT2D eigenvalue weighted by atomic mass is 32.2. The first-order valence-electron chi connectivity index (χ1n) is 15.0. The highest BCUT2D eigenvalue weighted by Gasteiger charge is 2.33. The molecule has 5 aromatic rings. The van der Waals surface area contributed by atoms with Crippen LogP contribution in [0.15, 0.2) is 99.8 Å². The molecule has 0 radical (unpaired) electrons. The van der Waals surface area contributed by atoms with Crippen LogP contribution in [0.2, 0.25) is 0 Å². The molecule has 1 aliphatic heterocycles. The fourth-order valence-corrected chi connectivity index (χ4v) is 6.16. The van der Waals surface area contributed by atoms with Crippen molar-refractivity contribution in [3.63, 3.8) is 0 Å². The Balaban J connectivity index is 1.27. The summed E-state index contributed by atoms with van der Waals surface area (Å²) in [5, 5.41) is 18.6. The smallest absolute Gasteiger partial charge is 0.287 e. The van der Waals surface area contributed by atoms with Gasteiger partial charge in [-0.2, -0.15) is 5.10 Å². The molecule has 12 heteroatoms. The normalized spacial score (nSPS) is 14.2. The van der Waals surface area contributed by atoms with Crippen molar-refractivity contribution in [1.29, 1.82) is 0 Å². The van der Waals surface area contributed by atoms with E-state index in [1.54, 1.807) is 31.4 Å². The predicted molar refractivity (Wildman–Crippen MR) is 178 cm³/mol. The number of rotatable bonds is 11. The first-order valence-corrected chi connectivity index (χ1v) is 16.0. The molecule has 0 fully saturated rings. The lowest BCUT2D eigenvalue weighted by atomic mass is 9.98. The molecular formula is C35H34N6O5S. The van der Waals surface area contributed by atoms with Crippen molar-refractivity contribution in [2.75, 3.05) is 20.0 Å². The number of hydrogen-bond acceptors (Lipinski definition) is 9. The van der Waals surface area contributed by atoms with E-state index in [1.807, 2.05) is 85.1 Å². The number of hydrazone groups is 1. The van der Waals surface area contributed by atoms with Crippen LogP contribution in [0.5, 0.6) is 11.5 Å². The molecule has 1 aliphatic rings. The number of nitrogens with one attached hydrogen (secondary N) is 1. The van der Waals surface area contributed by atoms with E-state index in [0.717, 1.165) is 45.2 Å². The van der Waals surface area contributed by atoms with Crippen molar-refractivity contribution in [1.82, 2.24) is 25.1 Å². The van der Waals surface area contributed by atoms with E-state index >= 15 is 0 Å². The Hall–Kier alpha value is -5.36. The zero-order valence-corrected chi connectivity index (χ0v) is 27.3. The first kappa shape index (κ1) is 31.6. The second kappa shape index (κ2) is 14.0. The Morgan fingerprint density at radius 3 is 2.36 bits per heavy atom. The topological polar surface area (TPSA) is 124 Å². The third-order valence-electron chi connectivity index (χ3n) is 7.87. The number of aromatic nitrogens is 3. The van der Waals surface area contributed by atoms with Gasteiger partial charge in [-0.25, -0.2) is 5.01 Å². The fourth-order valence-electron chi connectivity index (χ4n) is 5.34. The number of carbonyl (C=O) groups excluding carboxylic acids is 2. The van der Waals surface area contributed by atoms with E-state index in [-0.39, 0.29) is 35.9 Å². The maximum Gasteiger partial charge on any atom is 0.287 e. The molecule has 2 amide bonds. The molecular weight excluding hydrogens is 616 g/mol. The Morgan fingerprint density at radius 1 is 0.957 bits per heavy atom. The molecule has 6 rings (SSSR count). The molecule has 47 heavy (non-hydrogen) atoms. The number of amides is 2. The summed E-state index contributed by atoms with van der Waals surface area (Å²) in [4.78, 5) is 26.6. The van der Waals surface area contributed by atoms with Gasteiger partial charge in [-0.3, -0.25) is 14.2 Å². The number of benzene rings is 3. The van der Waals surface area contributed by atoms with Gasteiger partial charge in [0.05, 0.1) is 50.2 Å². The van der Waals surface area contributed by atoms with Crippen LogP contribution in [0.4, 0.5) is 0 Å². The fraction of sp³-hybridized carbons (Fsp3) is 0.229. The maximum absolute atomic E-state index is 14.0. The lowest BCUT2D eigenvalue weighted by Gasteiger charge is -2.22. The molecule has 3 heterocycles. The third kappa shape index (κ3) is 6.92. The van der Waals surface area contributed by atoms with Crippen LogP contribution in [0, 0.1) is 13.8 Å². The third-order valence-corrected chi connectivity index (χ3v) is 8.79. The minimum atomic E-state index is -0.362. The van der Waals surface area contributed by atoms with Crippen LogP contribution >= 0.6 is 11.8 Å². The Labute approximate surface area is 276 Å². The van der Waals surface area contributed by atoms with Gasteiger partial charge in [-0.15, -0.1) is 10.2 Å². The van der Waals surface area contributed by atoms with Crippen molar-refractivity contribution in [3.8, 4) is 17.2 Å². The molecule has 0 saturated carbocycles. The summed E-state index contributed by atoms with van der Waals surface area (Å²) >= 11 is 1.27. The van der Waals surface area contributed by atoms with Crippen LogP contribution in [0.25, 0.3) is 5.69 Å².